The molecule has 83 heavy (non-hydrogen) atoms. The highest BCUT2D eigenvalue weighted by Crippen LogP contribution is 2.44. The Morgan fingerprint density at radius 3 is 1.06 bits per heavy atom. The van der Waals surface area contributed by atoms with Crippen molar-refractivity contribution in [2.45, 2.75) is 124 Å². The van der Waals surface area contributed by atoms with Crippen molar-refractivity contribution in [3.8, 4) is 56.1 Å². The predicted octanol–water partition coefficient (Wildman–Crippen LogP) is 16.7. The maximum atomic E-state index is 6.33. The predicted molar refractivity (Wildman–Crippen MR) is 346 cm³/mol. The van der Waals surface area contributed by atoms with Crippen LogP contribution in [-0.4, -0.2) is 74.3 Å². The van der Waals surface area contributed by atoms with Crippen molar-refractivity contribution in [1.29, 1.82) is 0 Å². The Morgan fingerprint density at radius 2 is 0.675 bits per heavy atom. The molecule has 0 amide bonds. The van der Waals surface area contributed by atoms with E-state index in [4.69, 9.17) is 38.1 Å². The molecule has 10 aromatic rings. The number of rotatable bonds is 8. The van der Waals surface area contributed by atoms with Gasteiger partial charge in [-0.2, -0.15) is 10.2 Å². The van der Waals surface area contributed by atoms with E-state index in [1.165, 1.54) is 22.3 Å². The number of benzene rings is 8. The highest BCUT2D eigenvalue weighted by atomic mass is 79.9. The summed E-state index contributed by atoms with van der Waals surface area (Å²) in [4.78, 5) is 0. The van der Waals surface area contributed by atoms with E-state index >= 15 is 0 Å². The fourth-order valence-corrected chi connectivity index (χ4v) is 10.7. The van der Waals surface area contributed by atoms with Crippen LogP contribution in [0.25, 0.3) is 77.9 Å². The largest absolute Gasteiger partial charge is 0.494 e. The van der Waals surface area contributed by atoms with Crippen molar-refractivity contribution in [3.05, 3.63) is 211 Å². The maximum Gasteiger partial charge on any atom is 0.494 e. The molecular formula is C69H74B3BrN4O6. The molecule has 10 nitrogen and oxygen atoms in total. The van der Waals surface area contributed by atoms with E-state index in [1.807, 2.05) is 125 Å². The zero-order valence-electron chi connectivity index (χ0n) is 49.0. The lowest BCUT2D eigenvalue weighted by atomic mass is 9.49. The second-order valence-corrected chi connectivity index (χ2v) is 25.3. The summed E-state index contributed by atoms with van der Waals surface area (Å²) in [7, 11) is -1.37. The SMILES string of the molecule is Brc1cccc(-c2nn(-c3ccccc3)c3ccc(-c4ccccc4)cc23)c1.C.CC1(C)OB(B2OC(C)(C)C(C)(C)O2)OC1(C)C.CC1(C)OB(c2cccc(-c3nn(-c4ccccc4)c4ccc(-c5ccccc5)cc34)c2)OC1(C)C. The molecule has 0 radical (unpaired) electrons. The van der Waals surface area contributed by atoms with Crippen LogP contribution in [0.15, 0.2) is 211 Å². The lowest BCUT2D eigenvalue weighted by molar-refractivity contribution is 0.00578. The van der Waals surface area contributed by atoms with Crippen LogP contribution in [-0.2, 0) is 27.9 Å². The Hall–Kier alpha value is -6.87. The minimum Gasteiger partial charge on any atom is -0.405 e. The zero-order valence-corrected chi connectivity index (χ0v) is 50.6. The standard InChI is InChI=1S/C31H29BN2O2.C25H17BrN2.C12H24B2O4.CH4/c1-30(2)31(3,4)36-32(35-30)25-15-11-14-24(20-25)29-27-21-23(22-12-7-5-8-13-22)18-19-28(27)34(33-29)26-16-9-6-10-17-26;26-21-11-7-10-20(16-21)25-23-17-19(18-8-3-1-4-9-18)14-15-24(23)28(27-25)22-12-5-2-6-13-22;1-9(2)10(3,4)16-13(15-9)14-17-11(5,6)12(7,8)18-14;/h5-21H,1-4H3;1-17H;1-8H3;1H4. The molecule has 0 atom stereocenters. The van der Waals surface area contributed by atoms with Gasteiger partial charge in [0.1, 0.15) is 11.4 Å². The van der Waals surface area contributed by atoms with Crippen LogP contribution in [0.3, 0.4) is 0 Å². The summed E-state index contributed by atoms with van der Waals surface area (Å²) in [6, 6.07) is 71.4. The molecule has 0 bridgehead atoms. The summed E-state index contributed by atoms with van der Waals surface area (Å²) >= 11 is 3.59. The van der Waals surface area contributed by atoms with Crippen molar-refractivity contribution >= 4 is 64.3 Å². The van der Waals surface area contributed by atoms with Gasteiger partial charge in [0, 0.05) is 26.4 Å². The molecule has 13 rings (SSSR count). The maximum absolute atomic E-state index is 6.33. The third kappa shape index (κ3) is 11.9. The number of hydrogen-bond donors (Lipinski definition) is 0. The molecule has 3 aliphatic rings. The minimum absolute atomic E-state index is 0. The van der Waals surface area contributed by atoms with Gasteiger partial charge in [-0.1, -0.05) is 169 Å². The van der Waals surface area contributed by atoms with Gasteiger partial charge in [0.15, 0.2) is 0 Å². The lowest BCUT2D eigenvalue weighted by Gasteiger charge is -2.32. The highest BCUT2D eigenvalue weighted by Gasteiger charge is 2.64. The van der Waals surface area contributed by atoms with Crippen LogP contribution >= 0.6 is 15.9 Å². The number of para-hydroxylation sites is 2. The Bertz CT molecular complexity index is 3810. The van der Waals surface area contributed by atoms with Crippen molar-refractivity contribution < 1.29 is 27.9 Å². The quantitative estimate of drug-likeness (QED) is 0.139. The molecule has 422 valence electrons. The van der Waals surface area contributed by atoms with Crippen molar-refractivity contribution in [2.75, 3.05) is 0 Å². The molecule has 0 unspecified atom stereocenters. The van der Waals surface area contributed by atoms with E-state index < -0.39 is 21.1 Å². The second kappa shape index (κ2) is 23.0. The molecule has 0 saturated carbocycles. The monoisotopic (exact) mass is 1170 g/mol. The smallest absolute Gasteiger partial charge is 0.405 e. The highest BCUT2D eigenvalue weighted by molar-refractivity contribution is 9.10. The number of aromatic nitrogens is 4. The third-order valence-corrected chi connectivity index (χ3v) is 17.6. The van der Waals surface area contributed by atoms with Crippen LogP contribution in [0.1, 0.15) is 90.5 Å². The Labute approximate surface area is 500 Å². The van der Waals surface area contributed by atoms with Crippen LogP contribution in [0.5, 0.6) is 0 Å². The van der Waals surface area contributed by atoms with Crippen molar-refractivity contribution in [1.82, 2.24) is 19.6 Å². The molecule has 3 fully saturated rings. The molecule has 0 spiro atoms. The number of hydrogen-bond acceptors (Lipinski definition) is 8. The Morgan fingerprint density at radius 1 is 0.337 bits per heavy atom. The first-order valence-corrected chi connectivity index (χ1v) is 29.0. The number of fused-ring (bicyclic) bond motifs is 2. The van der Waals surface area contributed by atoms with E-state index in [0.29, 0.717) is 0 Å². The van der Waals surface area contributed by atoms with Crippen LogP contribution < -0.4 is 5.46 Å². The van der Waals surface area contributed by atoms with E-state index in [0.717, 1.165) is 65.6 Å². The molecule has 0 N–H and O–H groups in total. The van der Waals surface area contributed by atoms with Gasteiger partial charge in [-0.05, 0) is 171 Å². The molecule has 8 aromatic carbocycles. The van der Waals surface area contributed by atoms with E-state index in [1.54, 1.807) is 0 Å². The molecule has 3 aliphatic heterocycles. The first kappa shape index (κ1) is 59.3. The molecule has 5 heterocycles. The Balaban J connectivity index is 0.000000146. The fourth-order valence-electron chi connectivity index (χ4n) is 10.3. The first-order chi connectivity index (χ1) is 39.0. The van der Waals surface area contributed by atoms with Crippen LogP contribution in [0, 0.1) is 0 Å². The summed E-state index contributed by atoms with van der Waals surface area (Å²) in [5.74, 6) is 0. The summed E-state index contributed by atoms with van der Waals surface area (Å²) in [5.41, 5.74) is 11.8. The molecule has 2 aromatic heterocycles. The number of nitrogens with zero attached hydrogens (tertiary/aromatic N) is 4. The van der Waals surface area contributed by atoms with Gasteiger partial charge in [0.25, 0.3) is 0 Å². The van der Waals surface area contributed by atoms with E-state index in [9.17, 15) is 0 Å². The Kier molecular flexibility index (Phi) is 16.4. The van der Waals surface area contributed by atoms with Gasteiger partial charge in [-0.25, -0.2) is 9.36 Å². The minimum atomic E-state index is -0.476. The topological polar surface area (TPSA) is 91.0 Å². The average Bonchev–Trinajstić information content (AvgIpc) is 4.42. The third-order valence-electron chi connectivity index (χ3n) is 17.1. The van der Waals surface area contributed by atoms with Gasteiger partial charge in [0.2, 0.25) is 0 Å². The fraction of sp³-hybridized carbons (Fsp3) is 0.275. The second-order valence-electron chi connectivity index (χ2n) is 24.4. The van der Waals surface area contributed by atoms with Gasteiger partial charge >= 0.3 is 21.1 Å². The first-order valence-electron chi connectivity index (χ1n) is 28.2. The molecule has 0 aliphatic carbocycles. The summed E-state index contributed by atoms with van der Waals surface area (Å²) in [6.07, 6.45) is 0. The van der Waals surface area contributed by atoms with Gasteiger partial charge in [-0.3, -0.25) is 0 Å². The van der Waals surface area contributed by atoms with Crippen LogP contribution in [0.4, 0.5) is 0 Å². The van der Waals surface area contributed by atoms with Gasteiger partial charge < -0.3 is 27.9 Å². The van der Waals surface area contributed by atoms with Gasteiger partial charge in [-0.15, -0.1) is 0 Å². The van der Waals surface area contributed by atoms with Gasteiger partial charge in [0.05, 0.1) is 56.0 Å². The van der Waals surface area contributed by atoms with E-state index in [2.05, 4.69) is 189 Å². The zero-order chi connectivity index (χ0) is 57.8. The molecule has 14 heteroatoms. The normalized spacial score (nSPS) is 17.8. The van der Waals surface area contributed by atoms with Crippen molar-refractivity contribution in [3.63, 3.8) is 0 Å². The molecule has 3 saturated heterocycles. The lowest BCUT2D eigenvalue weighted by Crippen LogP contribution is -2.41. The van der Waals surface area contributed by atoms with Crippen LogP contribution in [0.2, 0.25) is 0 Å². The van der Waals surface area contributed by atoms with Crippen molar-refractivity contribution in [2.24, 2.45) is 0 Å². The number of halogens is 1. The summed E-state index contributed by atoms with van der Waals surface area (Å²) < 4.78 is 41.6. The summed E-state index contributed by atoms with van der Waals surface area (Å²) in [5, 5.41) is 12.4. The summed E-state index contributed by atoms with van der Waals surface area (Å²) in [6.45, 7) is 24.5. The molecular weight excluding hydrogens is 1090 g/mol. The average molecular weight is 1170 g/mol. The van der Waals surface area contributed by atoms with E-state index in [-0.39, 0.29) is 41.0 Å².